The van der Waals surface area contributed by atoms with Gasteiger partial charge in [0, 0.05) is 13.6 Å². The Kier molecular flexibility index (Phi) is 4.26. The first-order valence-corrected chi connectivity index (χ1v) is 7.21. The van der Waals surface area contributed by atoms with Crippen LogP contribution in [0.4, 0.5) is 0 Å². The minimum absolute atomic E-state index is 0.149. The summed E-state index contributed by atoms with van der Waals surface area (Å²) in [6, 6.07) is -0.453. The predicted molar refractivity (Wildman–Crippen MR) is 71.4 cm³/mol. The second-order valence-electron chi connectivity index (χ2n) is 6.00. The Morgan fingerprint density at radius 1 is 1.37 bits per heavy atom. The van der Waals surface area contributed by atoms with E-state index >= 15 is 0 Å². The maximum atomic E-state index is 11.8. The zero-order valence-electron chi connectivity index (χ0n) is 11.8. The van der Waals surface area contributed by atoms with E-state index in [-0.39, 0.29) is 18.2 Å². The third-order valence-electron chi connectivity index (χ3n) is 4.67. The fourth-order valence-corrected chi connectivity index (χ4v) is 3.03. The van der Waals surface area contributed by atoms with E-state index in [2.05, 4.69) is 12.2 Å². The molecule has 1 saturated heterocycles. The van der Waals surface area contributed by atoms with Crippen LogP contribution in [0.25, 0.3) is 0 Å². The molecule has 2 aliphatic rings. The van der Waals surface area contributed by atoms with Gasteiger partial charge in [-0.05, 0) is 31.6 Å². The SMILES string of the molecule is CCC1CCC(O)(CNC2CC(=O)N(C)C2=O)CC1. The van der Waals surface area contributed by atoms with Gasteiger partial charge < -0.3 is 10.4 Å². The molecule has 1 saturated carbocycles. The van der Waals surface area contributed by atoms with Gasteiger partial charge in [0.2, 0.25) is 11.8 Å². The van der Waals surface area contributed by atoms with Crippen molar-refractivity contribution in [2.45, 2.75) is 57.1 Å². The van der Waals surface area contributed by atoms with Crippen LogP contribution >= 0.6 is 0 Å². The molecule has 19 heavy (non-hydrogen) atoms. The van der Waals surface area contributed by atoms with Gasteiger partial charge >= 0.3 is 0 Å². The molecule has 0 aromatic carbocycles. The number of amides is 2. The summed E-state index contributed by atoms with van der Waals surface area (Å²) in [4.78, 5) is 24.3. The normalized spacial score (nSPS) is 36.1. The van der Waals surface area contributed by atoms with E-state index in [9.17, 15) is 14.7 Å². The molecule has 5 heteroatoms. The first kappa shape index (κ1) is 14.5. The molecule has 1 heterocycles. The van der Waals surface area contributed by atoms with Crippen molar-refractivity contribution in [2.24, 2.45) is 5.92 Å². The van der Waals surface area contributed by atoms with Gasteiger partial charge in [-0.1, -0.05) is 13.3 Å². The van der Waals surface area contributed by atoms with Gasteiger partial charge in [-0.3, -0.25) is 14.5 Å². The number of carbonyl (C=O) groups excluding carboxylic acids is 2. The number of hydrogen-bond donors (Lipinski definition) is 2. The number of likely N-dealkylation sites (N-methyl/N-ethyl adjacent to an activating group) is 1. The lowest BCUT2D eigenvalue weighted by atomic mass is 9.78. The van der Waals surface area contributed by atoms with Crippen molar-refractivity contribution in [1.29, 1.82) is 0 Å². The number of nitrogens with one attached hydrogen (secondary N) is 1. The monoisotopic (exact) mass is 268 g/mol. The van der Waals surface area contributed by atoms with Crippen molar-refractivity contribution in [3.8, 4) is 0 Å². The first-order valence-electron chi connectivity index (χ1n) is 7.21. The van der Waals surface area contributed by atoms with E-state index in [0.29, 0.717) is 6.54 Å². The molecule has 0 bridgehead atoms. The summed E-state index contributed by atoms with van der Waals surface area (Å²) in [5.74, 6) is 0.390. The van der Waals surface area contributed by atoms with Gasteiger partial charge in [0.25, 0.3) is 0 Å². The minimum Gasteiger partial charge on any atom is -0.389 e. The van der Waals surface area contributed by atoms with Gasteiger partial charge in [-0.25, -0.2) is 0 Å². The Labute approximate surface area is 114 Å². The smallest absolute Gasteiger partial charge is 0.246 e. The zero-order valence-corrected chi connectivity index (χ0v) is 11.8. The molecular weight excluding hydrogens is 244 g/mol. The van der Waals surface area contributed by atoms with Gasteiger partial charge in [-0.2, -0.15) is 0 Å². The number of hydrogen-bond acceptors (Lipinski definition) is 4. The molecule has 0 aromatic heterocycles. The fourth-order valence-electron chi connectivity index (χ4n) is 3.03. The van der Waals surface area contributed by atoms with E-state index < -0.39 is 11.6 Å². The summed E-state index contributed by atoms with van der Waals surface area (Å²) in [5, 5.41) is 13.6. The van der Waals surface area contributed by atoms with E-state index in [1.165, 1.54) is 13.5 Å². The van der Waals surface area contributed by atoms with Gasteiger partial charge in [0.1, 0.15) is 0 Å². The Bertz CT molecular complexity index is 362. The first-order chi connectivity index (χ1) is 8.95. The molecule has 0 aromatic rings. The van der Waals surface area contributed by atoms with Crippen molar-refractivity contribution in [1.82, 2.24) is 10.2 Å². The molecule has 1 aliphatic heterocycles. The van der Waals surface area contributed by atoms with Crippen LogP contribution in [-0.2, 0) is 9.59 Å². The fraction of sp³-hybridized carbons (Fsp3) is 0.857. The largest absolute Gasteiger partial charge is 0.389 e. The maximum absolute atomic E-state index is 11.8. The lowest BCUT2D eigenvalue weighted by molar-refractivity contribution is -0.137. The molecule has 2 fully saturated rings. The highest BCUT2D eigenvalue weighted by Gasteiger charge is 2.38. The highest BCUT2D eigenvalue weighted by atomic mass is 16.3. The molecule has 1 atom stereocenters. The van der Waals surface area contributed by atoms with Gasteiger partial charge in [-0.15, -0.1) is 0 Å². The molecule has 0 spiro atoms. The lowest BCUT2D eigenvalue weighted by Crippen LogP contribution is -2.48. The van der Waals surface area contributed by atoms with Crippen LogP contribution < -0.4 is 5.32 Å². The number of rotatable bonds is 4. The number of nitrogens with zero attached hydrogens (tertiary/aromatic N) is 1. The Morgan fingerprint density at radius 2 is 2.00 bits per heavy atom. The summed E-state index contributed by atoms with van der Waals surface area (Å²) < 4.78 is 0. The lowest BCUT2D eigenvalue weighted by Gasteiger charge is -2.36. The molecule has 108 valence electrons. The van der Waals surface area contributed by atoms with Gasteiger partial charge in [0.15, 0.2) is 0 Å². The highest BCUT2D eigenvalue weighted by Crippen LogP contribution is 2.33. The highest BCUT2D eigenvalue weighted by molar-refractivity contribution is 6.05. The number of imide groups is 1. The van der Waals surface area contributed by atoms with Crippen LogP contribution in [0.5, 0.6) is 0 Å². The van der Waals surface area contributed by atoms with Crippen molar-refractivity contribution in [3.63, 3.8) is 0 Å². The Morgan fingerprint density at radius 3 is 2.47 bits per heavy atom. The minimum atomic E-state index is -0.712. The zero-order chi connectivity index (χ0) is 14.0. The van der Waals surface area contributed by atoms with Crippen molar-refractivity contribution >= 4 is 11.8 Å². The van der Waals surface area contributed by atoms with Crippen LogP contribution in [0.2, 0.25) is 0 Å². The molecule has 2 rings (SSSR count). The molecule has 1 unspecified atom stereocenters. The van der Waals surface area contributed by atoms with E-state index in [4.69, 9.17) is 0 Å². The van der Waals surface area contributed by atoms with E-state index in [1.54, 1.807) is 0 Å². The summed E-state index contributed by atoms with van der Waals surface area (Å²) >= 11 is 0. The van der Waals surface area contributed by atoms with Crippen LogP contribution in [0.3, 0.4) is 0 Å². The Balaban J connectivity index is 1.83. The number of likely N-dealkylation sites (tertiary alicyclic amines) is 1. The van der Waals surface area contributed by atoms with Crippen LogP contribution in [0, 0.1) is 5.92 Å². The average Bonchev–Trinajstić information content (AvgIpc) is 2.65. The van der Waals surface area contributed by atoms with Crippen LogP contribution in [0.15, 0.2) is 0 Å². The van der Waals surface area contributed by atoms with Crippen molar-refractivity contribution < 1.29 is 14.7 Å². The van der Waals surface area contributed by atoms with Crippen LogP contribution in [-0.4, -0.2) is 47.1 Å². The standard InChI is InChI=1S/C14H24N2O3/c1-3-10-4-6-14(19,7-5-10)9-15-11-8-12(17)16(2)13(11)18/h10-11,15,19H,3-9H2,1-2H3. The summed E-state index contributed by atoms with van der Waals surface area (Å²) in [6.45, 7) is 2.59. The predicted octanol–water partition coefficient (Wildman–Crippen LogP) is 0.665. The number of aliphatic hydroxyl groups is 1. The quantitative estimate of drug-likeness (QED) is 0.735. The van der Waals surface area contributed by atoms with Crippen LogP contribution in [0.1, 0.15) is 45.4 Å². The third kappa shape index (κ3) is 3.15. The molecule has 0 radical (unpaired) electrons. The molecule has 5 nitrogen and oxygen atoms in total. The Hall–Kier alpha value is -0.940. The summed E-state index contributed by atoms with van der Waals surface area (Å²) in [7, 11) is 1.51. The molecule has 2 amide bonds. The molecular formula is C14H24N2O3. The van der Waals surface area contributed by atoms with Crippen molar-refractivity contribution in [3.05, 3.63) is 0 Å². The van der Waals surface area contributed by atoms with Gasteiger partial charge in [0.05, 0.1) is 18.1 Å². The second-order valence-corrected chi connectivity index (χ2v) is 6.00. The van der Waals surface area contributed by atoms with E-state index in [1.807, 2.05) is 0 Å². The third-order valence-corrected chi connectivity index (χ3v) is 4.67. The molecule has 1 aliphatic carbocycles. The van der Waals surface area contributed by atoms with E-state index in [0.717, 1.165) is 36.5 Å². The maximum Gasteiger partial charge on any atom is 0.246 e. The molecule has 2 N–H and O–H groups in total. The topological polar surface area (TPSA) is 69.6 Å². The summed E-state index contributed by atoms with van der Waals surface area (Å²) in [6.07, 6.45) is 5.04. The second kappa shape index (κ2) is 5.59. The summed E-state index contributed by atoms with van der Waals surface area (Å²) in [5.41, 5.74) is -0.712. The average molecular weight is 268 g/mol. The number of carbonyl (C=O) groups is 2. The van der Waals surface area contributed by atoms with Crippen molar-refractivity contribution in [2.75, 3.05) is 13.6 Å².